The molecule has 0 saturated heterocycles. The van der Waals surface area contributed by atoms with E-state index in [9.17, 15) is 16.8 Å². The van der Waals surface area contributed by atoms with Crippen LogP contribution in [0, 0.1) is 0 Å². The second kappa shape index (κ2) is 3.77. The number of benzene rings is 1. The van der Waals surface area contributed by atoms with E-state index in [-0.39, 0.29) is 0 Å². The van der Waals surface area contributed by atoms with E-state index in [2.05, 4.69) is 3.63 Å². The minimum atomic E-state index is -5.06. The fraction of sp³-hybridized carbons (Fsp3) is 0. The van der Waals surface area contributed by atoms with Gasteiger partial charge >= 0.3 is 20.5 Å². The van der Waals surface area contributed by atoms with E-state index >= 15 is 0 Å². The van der Waals surface area contributed by atoms with Crippen molar-refractivity contribution in [3.8, 4) is 0 Å². The minimum Gasteiger partial charge on any atom is -0.399 e. The molecule has 15 heavy (non-hydrogen) atoms. The summed E-state index contributed by atoms with van der Waals surface area (Å²) in [4.78, 5) is -0.422. The highest BCUT2D eigenvalue weighted by atomic mass is 32.3. The molecular weight excluding hydrogens is 246 g/mol. The summed E-state index contributed by atoms with van der Waals surface area (Å²) in [6.45, 7) is 0. The minimum absolute atomic E-state index is 0.306. The lowest BCUT2D eigenvalue weighted by molar-refractivity contribution is 0.383. The van der Waals surface area contributed by atoms with Gasteiger partial charge in [0.2, 0.25) is 0 Å². The second-order valence-electron chi connectivity index (χ2n) is 2.52. The lowest BCUT2D eigenvalue weighted by Gasteiger charge is -2.01. The second-order valence-corrected chi connectivity index (χ2v) is 5.30. The molecule has 1 rings (SSSR count). The molecule has 0 heterocycles. The Morgan fingerprint density at radius 3 is 1.93 bits per heavy atom. The normalized spacial score (nSPS) is 12.6. The molecule has 0 atom stereocenters. The standard InChI is InChI=1S/C6H7NO6S2/c7-5-1-3-6(4-2-5)14(8,9)13-15(10,11)12/h1-4H,7H2,(H,10,11,12). The van der Waals surface area contributed by atoms with E-state index in [0.29, 0.717) is 5.69 Å². The first kappa shape index (κ1) is 11.9. The lowest BCUT2D eigenvalue weighted by atomic mass is 10.3. The zero-order valence-corrected chi connectivity index (χ0v) is 8.82. The fourth-order valence-electron chi connectivity index (χ4n) is 0.787. The van der Waals surface area contributed by atoms with Crippen LogP contribution in [-0.2, 0) is 24.1 Å². The van der Waals surface area contributed by atoms with Crippen LogP contribution in [0.4, 0.5) is 5.69 Å². The number of hydrogen-bond acceptors (Lipinski definition) is 6. The number of anilines is 1. The molecule has 0 unspecified atom stereocenters. The van der Waals surface area contributed by atoms with Crippen LogP contribution in [0.15, 0.2) is 29.2 Å². The first-order valence-corrected chi connectivity index (χ1v) is 6.27. The number of rotatable bonds is 3. The highest BCUT2D eigenvalue weighted by Crippen LogP contribution is 2.15. The van der Waals surface area contributed by atoms with Crippen LogP contribution in [0.2, 0.25) is 0 Å². The van der Waals surface area contributed by atoms with Crippen molar-refractivity contribution >= 4 is 26.2 Å². The van der Waals surface area contributed by atoms with Crippen molar-refractivity contribution in [1.82, 2.24) is 0 Å². The molecule has 0 aliphatic rings. The summed E-state index contributed by atoms with van der Waals surface area (Å²) in [6, 6.07) is 4.60. The highest BCUT2D eigenvalue weighted by Gasteiger charge is 2.22. The summed E-state index contributed by atoms with van der Waals surface area (Å²) >= 11 is 0. The maximum absolute atomic E-state index is 11.2. The predicted octanol–water partition coefficient (Wildman–Crippen LogP) is -0.223. The smallest absolute Gasteiger partial charge is 0.399 e. The van der Waals surface area contributed by atoms with Crippen molar-refractivity contribution < 1.29 is 25.0 Å². The third-order valence-corrected chi connectivity index (χ3v) is 3.60. The topological polar surface area (TPSA) is 124 Å². The summed E-state index contributed by atoms with van der Waals surface area (Å²) in [6.07, 6.45) is 0. The van der Waals surface area contributed by atoms with Gasteiger partial charge in [0.25, 0.3) is 0 Å². The van der Waals surface area contributed by atoms with Crippen molar-refractivity contribution in [3.63, 3.8) is 0 Å². The first-order chi connectivity index (χ1) is 6.71. The maximum Gasteiger partial charge on any atom is 0.412 e. The van der Waals surface area contributed by atoms with Crippen LogP contribution in [0.5, 0.6) is 0 Å². The van der Waals surface area contributed by atoms with E-state index in [1.807, 2.05) is 0 Å². The quantitative estimate of drug-likeness (QED) is 0.563. The van der Waals surface area contributed by atoms with Gasteiger partial charge in [0, 0.05) is 5.69 Å². The monoisotopic (exact) mass is 253 g/mol. The SMILES string of the molecule is Nc1ccc(S(=O)(=O)OS(=O)(=O)O)cc1. The average Bonchev–Trinajstić information content (AvgIpc) is 2.00. The molecule has 7 nitrogen and oxygen atoms in total. The van der Waals surface area contributed by atoms with Gasteiger partial charge < -0.3 is 5.73 Å². The Morgan fingerprint density at radius 1 is 1.07 bits per heavy atom. The van der Waals surface area contributed by atoms with Gasteiger partial charge in [-0.05, 0) is 24.3 Å². The maximum atomic E-state index is 11.2. The van der Waals surface area contributed by atoms with E-state index in [1.165, 1.54) is 12.1 Å². The van der Waals surface area contributed by atoms with Crippen LogP contribution < -0.4 is 5.73 Å². The Bertz CT molecular complexity index is 544. The van der Waals surface area contributed by atoms with Gasteiger partial charge in [0.15, 0.2) is 0 Å². The fourth-order valence-corrected chi connectivity index (χ4v) is 2.48. The third-order valence-electron chi connectivity index (χ3n) is 1.34. The van der Waals surface area contributed by atoms with E-state index < -0.39 is 25.4 Å². The van der Waals surface area contributed by atoms with E-state index in [1.54, 1.807) is 0 Å². The molecule has 0 aromatic heterocycles. The van der Waals surface area contributed by atoms with Crippen molar-refractivity contribution in [2.75, 3.05) is 5.73 Å². The zero-order valence-electron chi connectivity index (χ0n) is 7.19. The van der Waals surface area contributed by atoms with Gasteiger partial charge in [0.05, 0.1) is 4.90 Å². The number of nitrogen functional groups attached to an aromatic ring is 1. The molecule has 1 aromatic carbocycles. The molecule has 0 aliphatic heterocycles. The molecule has 1 aromatic rings. The van der Waals surface area contributed by atoms with Crippen LogP contribution in [0.1, 0.15) is 0 Å². The van der Waals surface area contributed by atoms with Gasteiger partial charge in [-0.3, -0.25) is 4.55 Å². The molecule has 0 amide bonds. The first-order valence-electron chi connectivity index (χ1n) is 3.50. The van der Waals surface area contributed by atoms with Crippen LogP contribution in [0.3, 0.4) is 0 Å². The molecular formula is C6H7NO6S2. The summed E-state index contributed by atoms with van der Waals surface area (Å²) < 4.78 is 54.5. The Balaban J connectivity index is 3.13. The van der Waals surface area contributed by atoms with Crippen LogP contribution in [0.25, 0.3) is 0 Å². The van der Waals surface area contributed by atoms with E-state index in [4.69, 9.17) is 10.3 Å². The lowest BCUT2D eigenvalue weighted by Crippen LogP contribution is -2.12. The predicted molar refractivity (Wildman–Crippen MR) is 50.7 cm³/mol. The van der Waals surface area contributed by atoms with Gasteiger partial charge in [-0.2, -0.15) is 16.8 Å². The number of nitrogens with two attached hydrogens (primary N) is 1. The number of hydrogen-bond donors (Lipinski definition) is 2. The molecule has 0 fully saturated rings. The van der Waals surface area contributed by atoms with Crippen molar-refractivity contribution in [2.24, 2.45) is 0 Å². The van der Waals surface area contributed by atoms with Gasteiger partial charge in [-0.25, -0.2) is 0 Å². The van der Waals surface area contributed by atoms with Gasteiger partial charge in [0.1, 0.15) is 0 Å². The largest absolute Gasteiger partial charge is 0.412 e. The summed E-state index contributed by atoms with van der Waals surface area (Å²) in [7, 11) is -9.59. The molecule has 0 saturated carbocycles. The summed E-state index contributed by atoms with van der Waals surface area (Å²) in [5, 5.41) is 0. The Kier molecular flexibility index (Phi) is 3.00. The molecule has 0 spiro atoms. The van der Waals surface area contributed by atoms with Crippen LogP contribution >= 0.6 is 0 Å². The van der Waals surface area contributed by atoms with Crippen molar-refractivity contribution in [3.05, 3.63) is 24.3 Å². The summed E-state index contributed by atoms with van der Waals surface area (Å²) in [5.74, 6) is 0. The van der Waals surface area contributed by atoms with Crippen molar-refractivity contribution in [2.45, 2.75) is 4.90 Å². The molecule has 3 N–H and O–H groups in total. The van der Waals surface area contributed by atoms with Crippen LogP contribution in [-0.4, -0.2) is 21.4 Å². The van der Waals surface area contributed by atoms with Crippen molar-refractivity contribution in [1.29, 1.82) is 0 Å². The van der Waals surface area contributed by atoms with E-state index in [0.717, 1.165) is 12.1 Å². The Labute approximate surface area is 86.6 Å². The highest BCUT2D eigenvalue weighted by molar-refractivity contribution is 7.97. The third kappa shape index (κ3) is 3.47. The summed E-state index contributed by atoms with van der Waals surface area (Å²) in [5.41, 5.74) is 5.60. The average molecular weight is 253 g/mol. The molecule has 0 aliphatic carbocycles. The van der Waals surface area contributed by atoms with Gasteiger partial charge in [-0.15, -0.1) is 3.63 Å². The molecule has 84 valence electrons. The molecule has 0 radical (unpaired) electrons. The zero-order chi connectivity index (χ0) is 11.7. The Morgan fingerprint density at radius 2 is 1.53 bits per heavy atom. The Hall–Kier alpha value is -1.16. The van der Waals surface area contributed by atoms with Gasteiger partial charge in [-0.1, -0.05) is 0 Å². The molecule has 0 bridgehead atoms. The molecule has 9 heteroatoms.